The number of hydrogen-bond donors (Lipinski definition) is 1. The second-order valence-electron chi connectivity index (χ2n) is 3.13. The van der Waals surface area contributed by atoms with Gasteiger partial charge in [0.1, 0.15) is 5.03 Å². The average Bonchev–Trinajstić information content (AvgIpc) is 2.45. The molecule has 3 nitrogen and oxygen atoms in total. The summed E-state index contributed by atoms with van der Waals surface area (Å²) in [5.74, 6) is 0. The van der Waals surface area contributed by atoms with Gasteiger partial charge in [-0.1, -0.05) is 28.1 Å². The van der Waals surface area contributed by atoms with E-state index in [4.69, 9.17) is 5.73 Å². The van der Waals surface area contributed by atoms with Crippen molar-refractivity contribution in [2.75, 3.05) is 0 Å². The van der Waals surface area contributed by atoms with E-state index in [9.17, 15) is 8.42 Å². The first-order valence-electron chi connectivity index (χ1n) is 4.19. The van der Waals surface area contributed by atoms with Gasteiger partial charge in [0.2, 0.25) is 9.84 Å². The van der Waals surface area contributed by atoms with Crippen LogP contribution in [0.3, 0.4) is 0 Å². The summed E-state index contributed by atoms with van der Waals surface area (Å²) >= 11 is 3.31. The highest BCUT2D eigenvalue weighted by atomic mass is 79.9. The zero-order chi connectivity index (χ0) is 11.1. The van der Waals surface area contributed by atoms with Gasteiger partial charge in [-0.15, -0.1) is 0 Å². The maximum absolute atomic E-state index is 11.3. The van der Waals surface area contributed by atoms with Crippen LogP contribution in [0.25, 0.3) is 5.57 Å². The van der Waals surface area contributed by atoms with Crippen molar-refractivity contribution in [3.05, 3.63) is 50.8 Å². The van der Waals surface area contributed by atoms with E-state index in [-0.39, 0.29) is 5.03 Å². The second-order valence-corrected chi connectivity index (χ2v) is 5.85. The van der Waals surface area contributed by atoms with Gasteiger partial charge in [-0.05, 0) is 23.8 Å². The van der Waals surface area contributed by atoms with Crippen molar-refractivity contribution < 1.29 is 8.42 Å². The first kappa shape index (κ1) is 10.4. The minimum atomic E-state index is -3.37. The van der Waals surface area contributed by atoms with Crippen LogP contribution in [0.2, 0.25) is 0 Å². The molecule has 0 bridgehead atoms. The van der Waals surface area contributed by atoms with E-state index in [0.717, 1.165) is 15.4 Å². The average molecular weight is 286 g/mol. The molecule has 0 atom stereocenters. The van der Waals surface area contributed by atoms with Crippen LogP contribution in [0.15, 0.2) is 45.3 Å². The Morgan fingerprint density at radius 1 is 1.13 bits per heavy atom. The van der Waals surface area contributed by atoms with Crippen molar-refractivity contribution in [3.63, 3.8) is 0 Å². The zero-order valence-corrected chi connectivity index (χ0v) is 10.0. The Morgan fingerprint density at radius 3 is 2.20 bits per heavy atom. The van der Waals surface area contributed by atoms with Crippen molar-refractivity contribution in [1.29, 1.82) is 0 Å². The van der Waals surface area contributed by atoms with Crippen molar-refractivity contribution in [1.82, 2.24) is 0 Å². The summed E-state index contributed by atoms with van der Waals surface area (Å²) < 4.78 is 23.6. The van der Waals surface area contributed by atoms with Gasteiger partial charge in [0.05, 0.1) is 0 Å². The van der Waals surface area contributed by atoms with Crippen LogP contribution in [0.5, 0.6) is 0 Å². The molecule has 1 aromatic rings. The summed E-state index contributed by atoms with van der Waals surface area (Å²) in [7, 11) is -3.37. The van der Waals surface area contributed by atoms with E-state index in [1.54, 1.807) is 0 Å². The molecule has 1 aliphatic rings. The molecule has 0 aromatic heterocycles. The molecule has 0 saturated carbocycles. The molecule has 15 heavy (non-hydrogen) atoms. The highest BCUT2D eigenvalue weighted by Crippen LogP contribution is 2.28. The molecule has 0 fully saturated rings. The standard InChI is InChI=1S/C10H8BrNO2S/c11-8-3-1-7(2-4-8)9-5-6-15(13,14)10(9)12/h1-6H,12H2. The summed E-state index contributed by atoms with van der Waals surface area (Å²) in [4.78, 5) is 0. The Hall–Kier alpha value is -1.07. The van der Waals surface area contributed by atoms with Crippen LogP contribution < -0.4 is 5.73 Å². The molecule has 0 aliphatic carbocycles. The molecule has 2 rings (SSSR count). The van der Waals surface area contributed by atoms with Crippen LogP contribution in [-0.4, -0.2) is 8.42 Å². The Bertz CT molecular complexity index is 556. The first-order chi connectivity index (χ1) is 7.00. The Balaban J connectivity index is 2.55. The molecule has 1 heterocycles. The van der Waals surface area contributed by atoms with E-state index < -0.39 is 9.84 Å². The Labute approximate surface area is 96.3 Å². The normalized spacial score (nSPS) is 18.5. The number of allylic oxidation sites excluding steroid dienone is 2. The van der Waals surface area contributed by atoms with Crippen LogP contribution in [0.4, 0.5) is 0 Å². The minimum absolute atomic E-state index is 0.0789. The molecular weight excluding hydrogens is 278 g/mol. The molecule has 1 aromatic carbocycles. The molecular formula is C10H8BrNO2S. The fourth-order valence-electron chi connectivity index (χ4n) is 1.33. The molecule has 0 amide bonds. The lowest BCUT2D eigenvalue weighted by atomic mass is 10.1. The van der Waals surface area contributed by atoms with Crippen LogP contribution >= 0.6 is 15.9 Å². The van der Waals surface area contributed by atoms with Crippen molar-refractivity contribution >= 4 is 31.3 Å². The highest BCUT2D eigenvalue weighted by molar-refractivity contribution is 9.10. The third-order valence-corrected chi connectivity index (χ3v) is 4.00. The van der Waals surface area contributed by atoms with Gasteiger partial charge < -0.3 is 5.73 Å². The fourth-order valence-corrected chi connectivity index (χ4v) is 2.55. The lowest BCUT2D eigenvalue weighted by Gasteiger charge is -2.01. The van der Waals surface area contributed by atoms with Gasteiger partial charge in [0, 0.05) is 15.5 Å². The smallest absolute Gasteiger partial charge is 0.215 e. The topological polar surface area (TPSA) is 60.2 Å². The van der Waals surface area contributed by atoms with E-state index in [0.29, 0.717) is 5.57 Å². The van der Waals surface area contributed by atoms with Gasteiger partial charge in [0.25, 0.3) is 0 Å². The fraction of sp³-hybridized carbons (Fsp3) is 0. The van der Waals surface area contributed by atoms with Crippen molar-refractivity contribution in [3.8, 4) is 0 Å². The molecule has 78 valence electrons. The molecule has 0 saturated heterocycles. The number of hydrogen-bond acceptors (Lipinski definition) is 3. The first-order valence-corrected chi connectivity index (χ1v) is 6.53. The molecule has 0 unspecified atom stereocenters. The maximum Gasteiger partial charge on any atom is 0.215 e. The summed E-state index contributed by atoms with van der Waals surface area (Å²) in [6.07, 6.45) is 1.52. The summed E-state index contributed by atoms with van der Waals surface area (Å²) in [5, 5.41) is 1.05. The monoisotopic (exact) mass is 285 g/mol. The van der Waals surface area contributed by atoms with Crippen LogP contribution in [0.1, 0.15) is 5.56 Å². The lowest BCUT2D eigenvalue weighted by Crippen LogP contribution is -2.07. The van der Waals surface area contributed by atoms with Crippen LogP contribution in [0, 0.1) is 0 Å². The Kier molecular flexibility index (Phi) is 2.44. The van der Waals surface area contributed by atoms with Crippen LogP contribution in [-0.2, 0) is 9.84 Å². The van der Waals surface area contributed by atoms with Gasteiger partial charge in [-0.2, -0.15) is 0 Å². The number of halogens is 1. The van der Waals surface area contributed by atoms with Gasteiger partial charge >= 0.3 is 0 Å². The predicted octanol–water partition coefficient (Wildman–Crippen LogP) is 2.02. The quantitative estimate of drug-likeness (QED) is 0.859. The number of rotatable bonds is 1. The van der Waals surface area contributed by atoms with Crippen molar-refractivity contribution in [2.45, 2.75) is 0 Å². The van der Waals surface area contributed by atoms with Gasteiger partial charge in [0.15, 0.2) is 0 Å². The highest BCUT2D eigenvalue weighted by Gasteiger charge is 2.21. The summed E-state index contributed by atoms with van der Waals surface area (Å²) in [6.45, 7) is 0. The zero-order valence-electron chi connectivity index (χ0n) is 7.64. The van der Waals surface area contributed by atoms with E-state index in [1.807, 2.05) is 24.3 Å². The number of benzene rings is 1. The molecule has 1 aliphatic heterocycles. The van der Waals surface area contributed by atoms with E-state index in [1.165, 1.54) is 6.08 Å². The molecule has 0 radical (unpaired) electrons. The third kappa shape index (κ3) is 1.85. The summed E-state index contributed by atoms with van der Waals surface area (Å²) in [5.41, 5.74) is 6.90. The largest absolute Gasteiger partial charge is 0.389 e. The Morgan fingerprint density at radius 2 is 1.73 bits per heavy atom. The van der Waals surface area contributed by atoms with Gasteiger partial charge in [-0.3, -0.25) is 0 Å². The SMILES string of the molecule is NC1=C(c2ccc(Br)cc2)C=CS1(=O)=O. The van der Waals surface area contributed by atoms with E-state index in [2.05, 4.69) is 15.9 Å². The lowest BCUT2D eigenvalue weighted by molar-refractivity contribution is 0.610. The van der Waals surface area contributed by atoms with Crippen molar-refractivity contribution in [2.24, 2.45) is 5.73 Å². The molecule has 2 N–H and O–H groups in total. The molecule has 5 heteroatoms. The summed E-state index contributed by atoms with van der Waals surface area (Å²) in [6, 6.07) is 7.32. The minimum Gasteiger partial charge on any atom is -0.389 e. The van der Waals surface area contributed by atoms with E-state index >= 15 is 0 Å². The second kappa shape index (κ2) is 3.50. The van der Waals surface area contributed by atoms with Gasteiger partial charge in [-0.25, -0.2) is 8.42 Å². The number of sulfone groups is 1. The molecule has 0 spiro atoms. The predicted molar refractivity (Wildman–Crippen MR) is 63.3 cm³/mol. The maximum atomic E-state index is 11.3. The third-order valence-electron chi connectivity index (χ3n) is 2.14. The number of nitrogens with two attached hydrogens (primary N) is 1.